The van der Waals surface area contributed by atoms with E-state index in [4.69, 9.17) is 4.74 Å². The number of carbonyl (C=O) groups excluding carboxylic acids is 1. The Hall–Kier alpha value is -1.26. The van der Waals surface area contributed by atoms with Gasteiger partial charge in [0.15, 0.2) is 6.61 Å². The number of piperazine rings is 1. The fourth-order valence-electron chi connectivity index (χ4n) is 1.91. The van der Waals surface area contributed by atoms with Crippen molar-refractivity contribution < 1.29 is 9.53 Å². The van der Waals surface area contributed by atoms with Crippen LogP contribution in [0.5, 0.6) is 5.75 Å². The van der Waals surface area contributed by atoms with Gasteiger partial charge in [-0.1, -0.05) is 18.2 Å². The highest BCUT2D eigenvalue weighted by Crippen LogP contribution is 2.08. The molecule has 1 aromatic carbocycles. The van der Waals surface area contributed by atoms with Crippen LogP contribution in [-0.4, -0.2) is 43.1 Å². The molecule has 18 heavy (non-hydrogen) atoms. The molecule has 1 fully saturated rings. The second-order valence-electron chi connectivity index (χ2n) is 4.30. The molecule has 1 amide bonds. The Morgan fingerprint density at radius 1 is 1.44 bits per heavy atom. The summed E-state index contributed by atoms with van der Waals surface area (Å²) in [6.07, 6.45) is 0. The maximum atomic E-state index is 11.9. The zero-order chi connectivity index (χ0) is 12.1. The summed E-state index contributed by atoms with van der Waals surface area (Å²) in [6, 6.07) is 9.79. The number of hydrogen-bond donors (Lipinski definition) is 1. The lowest BCUT2D eigenvalue weighted by atomic mass is 10.2. The highest BCUT2D eigenvalue weighted by Gasteiger charge is 2.20. The molecule has 5 heteroatoms. The van der Waals surface area contributed by atoms with Gasteiger partial charge in [-0.2, -0.15) is 0 Å². The first kappa shape index (κ1) is 14.8. The summed E-state index contributed by atoms with van der Waals surface area (Å²) < 4.78 is 5.44. The molecule has 0 bridgehead atoms. The number of carbonyl (C=O) groups is 1. The minimum absolute atomic E-state index is 0. The largest absolute Gasteiger partial charge is 0.484 e. The van der Waals surface area contributed by atoms with Crippen LogP contribution in [0.1, 0.15) is 6.92 Å². The summed E-state index contributed by atoms with van der Waals surface area (Å²) in [7, 11) is 0. The molecule has 2 rings (SSSR count). The Morgan fingerprint density at radius 2 is 2.17 bits per heavy atom. The fourth-order valence-corrected chi connectivity index (χ4v) is 1.91. The molecule has 1 aromatic rings. The Morgan fingerprint density at radius 3 is 2.83 bits per heavy atom. The smallest absolute Gasteiger partial charge is 0.260 e. The molecular formula is C13H19ClN2O2. The fraction of sp³-hybridized carbons (Fsp3) is 0.462. The molecule has 1 aliphatic rings. The summed E-state index contributed by atoms with van der Waals surface area (Å²) in [5, 5.41) is 3.31. The van der Waals surface area contributed by atoms with Crippen LogP contribution in [0.3, 0.4) is 0 Å². The maximum absolute atomic E-state index is 11.9. The van der Waals surface area contributed by atoms with Gasteiger partial charge in [0.05, 0.1) is 0 Å². The summed E-state index contributed by atoms with van der Waals surface area (Å²) in [6.45, 7) is 4.59. The number of para-hydroxylation sites is 1. The number of nitrogens with one attached hydrogen (secondary N) is 1. The average Bonchev–Trinajstić information content (AvgIpc) is 2.37. The summed E-state index contributed by atoms with van der Waals surface area (Å²) >= 11 is 0. The van der Waals surface area contributed by atoms with E-state index in [9.17, 15) is 4.79 Å². The van der Waals surface area contributed by atoms with E-state index < -0.39 is 0 Å². The van der Waals surface area contributed by atoms with E-state index in [1.54, 1.807) is 0 Å². The van der Waals surface area contributed by atoms with Crippen molar-refractivity contribution in [2.45, 2.75) is 13.0 Å². The van der Waals surface area contributed by atoms with Crippen molar-refractivity contribution in [3.05, 3.63) is 30.3 Å². The van der Waals surface area contributed by atoms with Gasteiger partial charge in [0.1, 0.15) is 5.75 Å². The molecule has 0 aromatic heterocycles. The first-order valence-corrected chi connectivity index (χ1v) is 5.95. The molecule has 1 N–H and O–H groups in total. The third kappa shape index (κ3) is 4.20. The average molecular weight is 271 g/mol. The number of rotatable bonds is 3. The molecule has 1 aliphatic heterocycles. The molecular weight excluding hydrogens is 252 g/mol. The van der Waals surface area contributed by atoms with E-state index in [2.05, 4.69) is 12.2 Å². The standard InChI is InChI=1S/C13H18N2O2.ClH/c1-11-9-15(8-7-14-11)13(16)10-17-12-5-3-2-4-6-12;/h2-6,11,14H,7-10H2,1H3;1H/t11-;/m1./s1. The van der Waals surface area contributed by atoms with Gasteiger partial charge in [0, 0.05) is 25.7 Å². The van der Waals surface area contributed by atoms with Crippen LogP contribution < -0.4 is 10.1 Å². The van der Waals surface area contributed by atoms with Crippen molar-refractivity contribution in [2.75, 3.05) is 26.2 Å². The Bertz CT molecular complexity index is 373. The number of ether oxygens (including phenoxy) is 1. The minimum atomic E-state index is 0. The summed E-state index contributed by atoms with van der Waals surface area (Å²) in [4.78, 5) is 13.7. The van der Waals surface area contributed by atoms with Crippen molar-refractivity contribution in [1.82, 2.24) is 10.2 Å². The second-order valence-corrected chi connectivity index (χ2v) is 4.30. The molecule has 1 saturated heterocycles. The van der Waals surface area contributed by atoms with Gasteiger partial charge in [-0.25, -0.2) is 0 Å². The van der Waals surface area contributed by atoms with Crippen LogP contribution in [0.2, 0.25) is 0 Å². The SMILES string of the molecule is C[C@@H]1CN(C(=O)COc2ccccc2)CCN1.Cl. The number of nitrogens with zero attached hydrogens (tertiary/aromatic N) is 1. The van der Waals surface area contributed by atoms with Gasteiger partial charge >= 0.3 is 0 Å². The number of halogens is 1. The normalized spacial score (nSPS) is 18.9. The highest BCUT2D eigenvalue weighted by atomic mass is 35.5. The summed E-state index contributed by atoms with van der Waals surface area (Å²) in [5.41, 5.74) is 0. The van der Waals surface area contributed by atoms with Crippen molar-refractivity contribution >= 4 is 18.3 Å². The topological polar surface area (TPSA) is 41.6 Å². The second kappa shape index (κ2) is 7.24. The minimum Gasteiger partial charge on any atom is -0.484 e. The predicted molar refractivity (Wildman–Crippen MR) is 73.2 cm³/mol. The van der Waals surface area contributed by atoms with Gasteiger partial charge in [-0.3, -0.25) is 4.79 Å². The zero-order valence-electron chi connectivity index (χ0n) is 10.5. The maximum Gasteiger partial charge on any atom is 0.260 e. The van der Waals surface area contributed by atoms with Crippen molar-refractivity contribution in [3.63, 3.8) is 0 Å². The van der Waals surface area contributed by atoms with Crippen LogP contribution in [0.4, 0.5) is 0 Å². The third-order valence-corrected chi connectivity index (χ3v) is 2.83. The van der Waals surface area contributed by atoms with E-state index in [0.29, 0.717) is 6.04 Å². The zero-order valence-corrected chi connectivity index (χ0v) is 11.3. The number of benzene rings is 1. The van der Waals surface area contributed by atoms with Gasteiger partial charge in [-0.05, 0) is 19.1 Å². The molecule has 0 unspecified atom stereocenters. The molecule has 1 atom stereocenters. The van der Waals surface area contributed by atoms with Crippen molar-refractivity contribution in [2.24, 2.45) is 0 Å². The molecule has 0 spiro atoms. The summed E-state index contributed by atoms with van der Waals surface area (Å²) in [5.74, 6) is 0.797. The molecule has 4 nitrogen and oxygen atoms in total. The van der Waals surface area contributed by atoms with E-state index in [1.807, 2.05) is 35.2 Å². The Labute approximate surface area is 114 Å². The monoisotopic (exact) mass is 270 g/mol. The van der Waals surface area contributed by atoms with E-state index in [-0.39, 0.29) is 24.9 Å². The lowest BCUT2D eigenvalue weighted by molar-refractivity contribution is -0.134. The van der Waals surface area contributed by atoms with Crippen LogP contribution >= 0.6 is 12.4 Å². The van der Waals surface area contributed by atoms with Crippen LogP contribution in [0.15, 0.2) is 30.3 Å². The van der Waals surface area contributed by atoms with Crippen LogP contribution in [-0.2, 0) is 4.79 Å². The van der Waals surface area contributed by atoms with Crippen LogP contribution in [0, 0.1) is 0 Å². The molecule has 0 saturated carbocycles. The van der Waals surface area contributed by atoms with Gasteiger partial charge in [-0.15, -0.1) is 12.4 Å². The highest BCUT2D eigenvalue weighted by molar-refractivity contribution is 5.85. The van der Waals surface area contributed by atoms with E-state index >= 15 is 0 Å². The number of amides is 1. The van der Waals surface area contributed by atoms with Gasteiger partial charge < -0.3 is 15.0 Å². The van der Waals surface area contributed by atoms with Crippen LogP contribution in [0.25, 0.3) is 0 Å². The predicted octanol–water partition coefficient (Wildman–Crippen LogP) is 1.31. The third-order valence-electron chi connectivity index (χ3n) is 2.83. The van der Waals surface area contributed by atoms with Crippen molar-refractivity contribution in [1.29, 1.82) is 0 Å². The van der Waals surface area contributed by atoms with E-state index in [0.717, 1.165) is 25.4 Å². The lowest BCUT2D eigenvalue weighted by Crippen LogP contribution is -2.52. The molecule has 100 valence electrons. The first-order chi connectivity index (χ1) is 8.25. The van der Waals surface area contributed by atoms with E-state index in [1.165, 1.54) is 0 Å². The van der Waals surface area contributed by atoms with Gasteiger partial charge in [0.25, 0.3) is 5.91 Å². The Balaban J connectivity index is 0.00000162. The number of hydrogen-bond acceptors (Lipinski definition) is 3. The first-order valence-electron chi connectivity index (χ1n) is 5.95. The molecule has 1 heterocycles. The van der Waals surface area contributed by atoms with Crippen molar-refractivity contribution in [3.8, 4) is 5.75 Å². The Kier molecular flexibility index (Phi) is 5.95. The molecule has 0 radical (unpaired) electrons. The van der Waals surface area contributed by atoms with Gasteiger partial charge in [0.2, 0.25) is 0 Å². The molecule has 0 aliphatic carbocycles. The quantitative estimate of drug-likeness (QED) is 0.900. The lowest BCUT2D eigenvalue weighted by Gasteiger charge is -2.31.